The van der Waals surface area contributed by atoms with Gasteiger partial charge in [0, 0.05) is 13.2 Å². The van der Waals surface area contributed by atoms with E-state index in [9.17, 15) is 10.2 Å². The first-order valence-corrected chi connectivity index (χ1v) is 13.4. The monoisotopic (exact) mass is 346 g/mol. The predicted molar refractivity (Wildman–Crippen MR) is 104 cm³/mol. The fourth-order valence-corrected chi connectivity index (χ4v) is 14.8. The summed E-state index contributed by atoms with van der Waals surface area (Å²) in [7, 11) is -2.11. The van der Waals surface area contributed by atoms with E-state index in [1.807, 2.05) is 0 Å². The van der Waals surface area contributed by atoms with Gasteiger partial charge in [-0.05, 0) is 35.5 Å². The molecule has 0 spiro atoms. The highest BCUT2D eigenvalue weighted by Crippen LogP contribution is 2.46. The van der Waals surface area contributed by atoms with Crippen molar-refractivity contribution in [3.8, 4) is 0 Å². The van der Waals surface area contributed by atoms with Gasteiger partial charge in [0.25, 0.3) is 0 Å². The van der Waals surface area contributed by atoms with Crippen molar-refractivity contribution in [2.45, 2.75) is 19.4 Å². The summed E-state index contributed by atoms with van der Waals surface area (Å²) < 4.78 is 0. The highest BCUT2D eigenvalue weighted by molar-refractivity contribution is 7.99. The normalized spacial score (nSPS) is 11.8. The largest absolute Gasteiger partial charge is 0.396 e. The standard InChI is InChI=1S/C19H27O2PSi/c1-23(18-10-4-2-5-11-18,19-12-6-3-7-13-19)22(16-8-14-20)17-9-15-21/h2-7,10-13,20-21H,8-9,14-17H2,1H3. The molecule has 0 heterocycles. The fraction of sp³-hybridized carbons (Fsp3) is 0.368. The molecule has 0 aliphatic carbocycles. The van der Waals surface area contributed by atoms with Crippen LogP contribution in [0.5, 0.6) is 0 Å². The van der Waals surface area contributed by atoms with E-state index in [4.69, 9.17) is 0 Å². The van der Waals surface area contributed by atoms with Crippen LogP contribution in [0.3, 0.4) is 0 Å². The molecule has 0 aliphatic rings. The number of rotatable bonds is 9. The maximum absolute atomic E-state index is 9.32. The molecular formula is C19H27O2PSi. The third-order valence-electron chi connectivity index (χ3n) is 4.48. The number of hydrogen-bond acceptors (Lipinski definition) is 2. The topological polar surface area (TPSA) is 40.5 Å². The predicted octanol–water partition coefficient (Wildman–Crippen LogP) is 2.62. The van der Waals surface area contributed by atoms with Crippen LogP contribution in [-0.2, 0) is 0 Å². The Morgan fingerprint density at radius 2 is 1.13 bits per heavy atom. The number of hydrogen-bond donors (Lipinski definition) is 2. The van der Waals surface area contributed by atoms with Gasteiger partial charge in [0.05, 0.1) is 0 Å². The molecule has 0 amide bonds. The third-order valence-corrected chi connectivity index (χ3v) is 17.1. The summed E-state index contributed by atoms with van der Waals surface area (Å²) in [5, 5.41) is 21.6. The molecule has 0 radical (unpaired) electrons. The maximum atomic E-state index is 9.32. The summed E-state index contributed by atoms with van der Waals surface area (Å²) in [5.74, 6) is 0. The molecule has 124 valence electrons. The van der Waals surface area contributed by atoms with Crippen LogP contribution in [0.4, 0.5) is 0 Å². The summed E-state index contributed by atoms with van der Waals surface area (Å²) in [4.78, 5) is 0. The van der Waals surface area contributed by atoms with E-state index in [2.05, 4.69) is 67.2 Å². The van der Waals surface area contributed by atoms with Gasteiger partial charge in [0.2, 0.25) is 0 Å². The zero-order valence-electron chi connectivity index (χ0n) is 13.9. The zero-order valence-corrected chi connectivity index (χ0v) is 15.8. The Hall–Kier alpha value is -0.993. The van der Waals surface area contributed by atoms with Gasteiger partial charge in [-0.2, -0.15) is 0 Å². The first-order chi connectivity index (χ1) is 11.2. The average molecular weight is 346 g/mol. The van der Waals surface area contributed by atoms with E-state index in [-0.39, 0.29) is 20.7 Å². The average Bonchev–Trinajstić information content (AvgIpc) is 2.62. The van der Waals surface area contributed by atoms with Crippen LogP contribution in [0.1, 0.15) is 12.8 Å². The highest BCUT2D eigenvalue weighted by Gasteiger charge is 2.38. The van der Waals surface area contributed by atoms with E-state index in [0.29, 0.717) is 0 Å². The molecule has 0 aliphatic heterocycles. The highest BCUT2D eigenvalue weighted by atomic mass is 31.4. The lowest BCUT2D eigenvalue weighted by atomic mass is 10.4. The maximum Gasteiger partial charge on any atom is 0.140 e. The van der Waals surface area contributed by atoms with Gasteiger partial charge in [-0.25, -0.2) is 0 Å². The van der Waals surface area contributed by atoms with Crippen LogP contribution in [0, 0.1) is 0 Å². The molecule has 0 saturated carbocycles. The Morgan fingerprint density at radius 3 is 1.48 bits per heavy atom. The van der Waals surface area contributed by atoms with E-state index in [1.54, 1.807) is 0 Å². The summed E-state index contributed by atoms with van der Waals surface area (Å²) in [6, 6.07) is 21.8. The summed E-state index contributed by atoms with van der Waals surface area (Å²) in [5.41, 5.74) is 0. The van der Waals surface area contributed by atoms with E-state index in [1.165, 1.54) is 10.4 Å². The first-order valence-electron chi connectivity index (χ1n) is 8.31. The van der Waals surface area contributed by atoms with Crippen molar-refractivity contribution in [3.63, 3.8) is 0 Å². The molecule has 4 heteroatoms. The summed E-state index contributed by atoms with van der Waals surface area (Å²) in [6.07, 6.45) is 3.88. The molecule has 2 N–H and O–H groups in total. The Morgan fingerprint density at radius 1 is 0.739 bits per heavy atom. The Balaban J connectivity index is 2.46. The van der Waals surface area contributed by atoms with Gasteiger partial charge in [-0.1, -0.05) is 67.2 Å². The Kier molecular flexibility index (Phi) is 7.45. The number of aliphatic hydroxyl groups is 2. The second-order valence-corrected chi connectivity index (χ2v) is 15.8. The summed E-state index contributed by atoms with van der Waals surface area (Å²) >= 11 is 0. The SMILES string of the molecule is C[Si](c1ccccc1)(c1ccccc1)P(CCCO)CCCO. The minimum absolute atomic E-state index is 0.252. The summed E-state index contributed by atoms with van der Waals surface area (Å²) in [6.45, 7) is 2.98. The van der Waals surface area contributed by atoms with E-state index in [0.717, 1.165) is 25.2 Å². The molecule has 23 heavy (non-hydrogen) atoms. The molecule has 2 aromatic rings. The Labute approximate surface area is 141 Å². The van der Waals surface area contributed by atoms with Gasteiger partial charge >= 0.3 is 0 Å². The van der Waals surface area contributed by atoms with Crippen LogP contribution in [0.2, 0.25) is 6.55 Å². The van der Waals surface area contributed by atoms with Gasteiger partial charge in [-0.15, -0.1) is 7.47 Å². The van der Waals surface area contributed by atoms with Crippen molar-refractivity contribution in [2.75, 3.05) is 25.5 Å². The molecule has 0 aromatic heterocycles. The van der Waals surface area contributed by atoms with Crippen molar-refractivity contribution >= 4 is 25.6 Å². The molecule has 2 aromatic carbocycles. The van der Waals surface area contributed by atoms with E-state index < -0.39 is 7.74 Å². The minimum atomic E-state index is -1.86. The van der Waals surface area contributed by atoms with Crippen LogP contribution in [0.15, 0.2) is 60.7 Å². The van der Waals surface area contributed by atoms with Gasteiger partial charge < -0.3 is 10.2 Å². The van der Waals surface area contributed by atoms with E-state index >= 15 is 0 Å². The van der Waals surface area contributed by atoms with Crippen molar-refractivity contribution in [3.05, 3.63) is 60.7 Å². The fourth-order valence-electron chi connectivity index (χ4n) is 3.14. The van der Waals surface area contributed by atoms with Gasteiger partial charge in [0.1, 0.15) is 7.74 Å². The molecule has 0 fully saturated rings. The van der Waals surface area contributed by atoms with Crippen LogP contribution in [-0.4, -0.2) is 43.5 Å². The van der Waals surface area contributed by atoms with Gasteiger partial charge in [0.15, 0.2) is 0 Å². The number of benzene rings is 2. The van der Waals surface area contributed by atoms with Crippen molar-refractivity contribution < 1.29 is 10.2 Å². The molecule has 2 nitrogen and oxygen atoms in total. The van der Waals surface area contributed by atoms with Crippen LogP contribution >= 0.6 is 7.47 Å². The Bertz CT molecular complexity index is 515. The molecule has 0 bridgehead atoms. The molecule has 2 rings (SSSR count). The quantitative estimate of drug-likeness (QED) is 0.541. The molecule has 0 atom stereocenters. The lowest BCUT2D eigenvalue weighted by molar-refractivity contribution is 0.294. The molecule has 0 saturated heterocycles. The second kappa shape index (κ2) is 9.34. The lowest BCUT2D eigenvalue weighted by Crippen LogP contribution is -2.55. The van der Waals surface area contributed by atoms with Crippen LogP contribution < -0.4 is 10.4 Å². The molecule has 0 unspecified atom stereocenters. The smallest absolute Gasteiger partial charge is 0.140 e. The number of aliphatic hydroxyl groups excluding tert-OH is 2. The van der Waals surface area contributed by atoms with Crippen molar-refractivity contribution in [2.24, 2.45) is 0 Å². The first kappa shape index (κ1) is 18.3. The van der Waals surface area contributed by atoms with Crippen molar-refractivity contribution in [1.82, 2.24) is 0 Å². The zero-order chi connectivity index (χ0) is 16.5. The molecular weight excluding hydrogens is 319 g/mol. The van der Waals surface area contributed by atoms with Crippen LogP contribution in [0.25, 0.3) is 0 Å². The second-order valence-electron chi connectivity index (χ2n) is 5.95. The lowest BCUT2D eigenvalue weighted by Gasteiger charge is -2.38. The third kappa shape index (κ3) is 4.51. The van der Waals surface area contributed by atoms with Crippen molar-refractivity contribution in [1.29, 1.82) is 0 Å². The minimum Gasteiger partial charge on any atom is -0.396 e. The van der Waals surface area contributed by atoms with Gasteiger partial charge in [-0.3, -0.25) is 0 Å².